The maximum Gasteiger partial charge on any atom is 0.335 e. The largest absolute Gasteiger partial charge is 0.478 e. The lowest BCUT2D eigenvalue weighted by Gasteiger charge is -2.10. The first-order valence-corrected chi connectivity index (χ1v) is 13.3. The minimum Gasteiger partial charge on any atom is -0.478 e. The van der Waals surface area contributed by atoms with Gasteiger partial charge in [0.05, 0.1) is 17.6 Å². The molecule has 0 aliphatic heterocycles. The van der Waals surface area contributed by atoms with Crippen molar-refractivity contribution in [3.05, 3.63) is 52.5 Å². The van der Waals surface area contributed by atoms with Gasteiger partial charge in [-0.1, -0.05) is 75.8 Å². The summed E-state index contributed by atoms with van der Waals surface area (Å²) < 4.78 is 4.68. The summed E-state index contributed by atoms with van der Waals surface area (Å²) >= 11 is 1.42. The number of methoxy groups -OCH3 is 1. The molecule has 0 aromatic heterocycles. The van der Waals surface area contributed by atoms with Gasteiger partial charge in [0.2, 0.25) is 0 Å². The van der Waals surface area contributed by atoms with E-state index >= 15 is 0 Å². The molecule has 5 nitrogen and oxygen atoms in total. The number of hydrogen-bond acceptors (Lipinski definition) is 5. The fraction of sp³-hybridized carbons (Fsp3) is 0.536. The van der Waals surface area contributed by atoms with Gasteiger partial charge in [0, 0.05) is 22.8 Å². The Morgan fingerprint density at radius 2 is 1.68 bits per heavy atom. The number of rotatable bonds is 16. The van der Waals surface area contributed by atoms with Crippen molar-refractivity contribution in [1.82, 2.24) is 0 Å². The number of carbonyl (C=O) groups is 3. The van der Waals surface area contributed by atoms with Gasteiger partial charge in [-0.15, -0.1) is 0 Å². The second kappa shape index (κ2) is 15.5. The van der Waals surface area contributed by atoms with Crippen molar-refractivity contribution in [3.8, 4) is 0 Å². The number of benzene rings is 1. The number of carboxylic acids is 1. The zero-order valence-corrected chi connectivity index (χ0v) is 21.3. The standard InChI is InChI=1S/C28H38O5S/c1-3-4-5-6-7-10-13-22-20-25(34-23-18-16-21(17-19-23)28(31)32)27(30)24(22)14-11-8-9-12-15-26(29)33-2/h14,16-20,22H,3-13,15H2,1-2H3,(H,31,32)/b24-14+/t22-/m1/s1. The highest BCUT2D eigenvalue weighted by Gasteiger charge is 2.30. The number of carboxylic acid groups (broad SMARTS) is 1. The second-order valence-electron chi connectivity index (χ2n) is 8.79. The molecular formula is C28H38O5S. The number of esters is 1. The van der Waals surface area contributed by atoms with Crippen LogP contribution >= 0.6 is 11.8 Å². The molecule has 0 heterocycles. The summed E-state index contributed by atoms with van der Waals surface area (Å²) in [4.78, 5) is 37.1. The van der Waals surface area contributed by atoms with E-state index in [1.54, 1.807) is 24.3 Å². The minimum atomic E-state index is -0.955. The molecule has 186 valence electrons. The van der Waals surface area contributed by atoms with Gasteiger partial charge >= 0.3 is 11.9 Å². The molecule has 0 spiro atoms. The number of ketones is 1. The van der Waals surface area contributed by atoms with E-state index in [9.17, 15) is 14.4 Å². The van der Waals surface area contributed by atoms with Crippen molar-refractivity contribution < 1.29 is 24.2 Å². The zero-order chi connectivity index (χ0) is 24.8. The fourth-order valence-electron chi connectivity index (χ4n) is 4.11. The number of ether oxygens (including phenoxy) is 1. The van der Waals surface area contributed by atoms with E-state index in [1.165, 1.54) is 51.0 Å². The van der Waals surface area contributed by atoms with Crippen LogP contribution in [-0.4, -0.2) is 29.9 Å². The molecule has 1 aliphatic rings. The topological polar surface area (TPSA) is 80.7 Å². The lowest BCUT2D eigenvalue weighted by Crippen LogP contribution is -2.05. The summed E-state index contributed by atoms with van der Waals surface area (Å²) in [6.07, 6.45) is 16.5. The number of Topliss-reactive ketones (excluding diaryl/α,β-unsaturated/α-hetero) is 1. The zero-order valence-electron chi connectivity index (χ0n) is 20.5. The Morgan fingerprint density at radius 3 is 2.35 bits per heavy atom. The first kappa shape index (κ1) is 27.9. The van der Waals surface area contributed by atoms with Crippen LogP contribution < -0.4 is 0 Å². The van der Waals surface area contributed by atoms with Gasteiger partial charge < -0.3 is 9.84 Å². The maximum atomic E-state index is 13.2. The van der Waals surface area contributed by atoms with Crippen molar-refractivity contribution in [2.24, 2.45) is 5.92 Å². The molecule has 1 N–H and O–H groups in total. The molecule has 0 bridgehead atoms. The quantitative estimate of drug-likeness (QED) is 0.149. The summed E-state index contributed by atoms with van der Waals surface area (Å²) in [6.45, 7) is 2.22. The molecule has 0 saturated carbocycles. The van der Waals surface area contributed by atoms with Crippen LogP contribution in [0.25, 0.3) is 0 Å². The summed E-state index contributed by atoms with van der Waals surface area (Å²) in [5.74, 6) is -0.888. The number of thioether (sulfide) groups is 1. The molecule has 0 amide bonds. The van der Waals surface area contributed by atoms with Crippen molar-refractivity contribution in [3.63, 3.8) is 0 Å². The van der Waals surface area contributed by atoms with Gasteiger partial charge in [-0.2, -0.15) is 0 Å². The summed E-state index contributed by atoms with van der Waals surface area (Å²) in [5.41, 5.74) is 1.14. The second-order valence-corrected chi connectivity index (χ2v) is 9.90. The highest BCUT2D eigenvalue weighted by atomic mass is 32.2. The number of aromatic carboxylic acids is 1. The SMILES string of the molecule is CCCCCCCC[C@@H]1C=C(Sc2ccc(C(=O)O)cc2)C(=O)/C1=C/CCCCCC(=O)OC. The summed E-state index contributed by atoms with van der Waals surface area (Å²) in [6, 6.07) is 6.66. The van der Waals surface area contributed by atoms with Crippen molar-refractivity contribution in [1.29, 1.82) is 0 Å². The monoisotopic (exact) mass is 486 g/mol. The number of unbranched alkanes of at least 4 members (excludes halogenated alkanes) is 8. The van der Waals surface area contributed by atoms with Crippen molar-refractivity contribution in [2.45, 2.75) is 88.9 Å². The number of carbonyl (C=O) groups excluding carboxylic acids is 2. The summed E-state index contributed by atoms with van der Waals surface area (Å²) in [5, 5.41) is 9.10. The van der Waals surface area contributed by atoms with Gasteiger partial charge in [-0.25, -0.2) is 4.79 Å². The van der Waals surface area contributed by atoms with E-state index in [-0.39, 0.29) is 23.2 Å². The van der Waals surface area contributed by atoms with Crippen molar-refractivity contribution >= 4 is 29.5 Å². The van der Waals surface area contributed by atoms with E-state index < -0.39 is 5.97 Å². The van der Waals surface area contributed by atoms with Gasteiger partial charge in [-0.05, 0) is 49.9 Å². The summed E-state index contributed by atoms with van der Waals surface area (Å²) in [7, 11) is 1.41. The van der Waals surface area contributed by atoms with Crippen LogP contribution in [0.4, 0.5) is 0 Å². The van der Waals surface area contributed by atoms with Crippen LogP contribution in [0.2, 0.25) is 0 Å². The minimum absolute atomic E-state index is 0.0952. The van der Waals surface area contributed by atoms with E-state index in [1.807, 2.05) is 0 Å². The molecule has 0 saturated heterocycles. The lowest BCUT2D eigenvalue weighted by molar-refractivity contribution is -0.140. The third kappa shape index (κ3) is 9.49. The van der Waals surface area contributed by atoms with Crippen LogP contribution in [0.5, 0.6) is 0 Å². The van der Waals surface area contributed by atoms with E-state index in [0.29, 0.717) is 6.42 Å². The average Bonchev–Trinajstić information content (AvgIpc) is 3.12. The fourth-order valence-corrected chi connectivity index (χ4v) is 5.08. The molecule has 2 rings (SSSR count). The van der Waals surface area contributed by atoms with Crippen LogP contribution in [0.15, 0.2) is 51.8 Å². The van der Waals surface area contributed by atoms with Gasteiger partial charge in [0.15, 0.2) is 5.78 Å². The van der Waals surface area contributed by atoms with Crippen LogP contribution in [0, 0.1) is 5.92 Å². The average molecular weight is 487 g/mol. The third-order valence-corrected chi connectivity index (χ3v) is 7.16. The van der Waals surface area contributed by atoms with Crippen LogP contribution in [0.1, 0.15) is 94.3 Å². The highest BCUT2D eigenvalue weighted by Crippen LogP contribution is 2.39. The highest BCUT2D eigenvalue weighted by molar-refractivity contribution is 8.04. The van der Waals surface area contributed by atoms with Crippen molar-refractivity contribution in [2.75, 3.05) is 7.11 Å². The molecular weight excluding hydrogens is 448 g/mol. The van der Waals surface area contributed by atoms with E-state index in [2.05, 4.69) is 23.8 Å². The Balaban J connectivity index is 1.97. The van der Waals surface area contributed by atoms with Crippen LogP contribution in [-0.2, 0) is 14.3 Å². The Labute approximate surface area is 208 Å². The molecule has 6 heteroatoms. The molecule has 34 heavy (non-hydrogen) atoms. The molecule has 1 aromatic rings. The molecule has 1 aromatic carbocycles. The van der Waals surface area contributed by atoms with Gasteiger partial charge in [0.1, 0.15) is 0 Å². The first-order valence-electron chi connectivity index (χ1n) is 12.5. The van der Waals surface area contributed by atoms with E-state index in [4.69, 9.17) is 5.11 Å². The number of hydrogen-bond donors (Lipinski definition) is 1. The molecule has 0 radical (unpaired) electrons. The van der Waals surface area contributed by atoms with Crippen LogP contribution in [0.3, 0.4) is 0 Å². The smallest absolute Gasteiger partial charge is 0.335 e. The van der Waals surface area contributed by atoms with Gasteiger partial charge in [-0.3, -0.25) is 9.59 Å². The Bertz CT molecular complexity index is 869. The predicted octanol–water partition coefficient (Wildman–Crippen LogP) is 7.36. The Morgan fingerprint density at radius 1 is 1.00 bits per heavy atom. The first-order chi connectivity index (χ1) is 16.5. The lowest BCUT2D eigenvalue weighted by atomic mass is 9.94. The third-order valence-electron chi connectivity index (χ3n) is 6.11. The predicted molar refractivity (Wildman–Crippen MR) is 137 cm³/mol. The molecule has 1 atom stereocenters. The molecule has 1 aliphatic carbocycles. The maximum absolute atomic E-state index is 13.2. The van der Waals surface area contributed by atoms with E-state index in [0.717, 1.165) is 53.9 Å². The Kier molecular flexibility index (Phi) is 12.8. The van der Waals surface area contributed by atoms with Gasteiger partial charge in [0.25, 0.3) is 0 Å². The Hall–Kier alpha value is -2.34. The molecule has 0 fully saturated rings. The number of allylic oxidation sites excluding steroid dienone is 4. The normalized spacial score (nSPS) is 16.6. The molecule has 0 unspecified atom stereocenters.